The Morgan fingerprint density at radius 2 is 2.17 bits per heavy atom. The third-order valence-electron chi connectivity index (χ3n) is 4.59. The van der Waals surface area contributed by atoms with E-state index in [4.69, 9.17) is 4.98 Å². The van der Waals surface area contributed by atoms with Crippen LogP contribution in [0.15, 0.2) is 30.9 Å². The number of hydrogen-bond acceptors (Lipinski definition) is 4. The molecule has 7 heteroatoms. The number of aryl methyl sites for hydroxylation is 1. The molecule has 1 N–H and O–H groups in total. The number of hydrogen-bond donors (Lipinski definition) is 1. The molecule has 0 aromatic carbocycles. The molecule has 0 saturated heterocycles. The Morgan fingerprint density at radius 1 is 1.30 bits per heavy atom. The van der Waals surface area contributed by atoms with Gasteiger partial charge in [0.05, 0.1) is 41.4 Å². The molecule has 4 rings (SSSR count). The van der Waals surface area contributed by atoms with Gasteiger partial charge >= 0.3 is 5.97 Å². The molecule has 0 spiro atoms. The van der Waals surface area contributed by atoms with Crippen molar-refractivity contribution in [2.24, 2.45) is 13.0 Å². The maximum absolute atomic E-state index is 11.2. The van der Waals surface area contributed by atoms with Gasteiger partial charge in [0.1, 0.15) is 0 Å². The molecule has 2 atom stereocenters. The number of rotatable bonds is 3. The van der Waals surface area contributed by atoms with Gasteiger partial charge in [-0.05, 0) is 25.3 Å². The van der Waals surface area contributed by atoms with Crippen molar-refractivity contribution in [2.75, 3.05) is 0 Å². The molecular formula is C16H17N5O2. The number of nitrogens with zero attached hydrogens (tertiary/aromatic N) is 5. The number of carboxylic acids is 1. The monoisotopic (exact) mass is 311 g/mol. The summed E-state index contributed by atoms with van der Waals surface area (Å²) < 4.78 is 3.55. The largest absolute Gasteiger partial charge is 0.481 e. The van der Waals surface area contributed by atoms with E-state index in [0.717, 1.165) is 28.9 Å². The van der Waals surface area contributed by atoms with E-state index >= 15 is 0 Å². The van der Waals surface area contributed by atoms with E-state index in [9.17, 15) is 9.90 Å². The minimum atomic E-state index is -0.708. The Balaban J connectivity index is 1.79. The van der Waals surface area contributed by atoms with Crippen LogP contribution in [0.25, 0.3) is 16.8 Å². The second-order valence-corrected chi connectivity index (χ2v) is 6.12. The van der Waals surface area contributed by atoms with Crippen molar-refractivity contribution in [2.45, 2.75) is 25.2 Å². The van der Waals surface area contributed by atoms with Gasteiger partial charge < -0.3 is 5.11 Å². The topological polar surface area (TPSA) is 85.3 Å². The summed E-state index contributed by atoms with van der Waals surface area (Å²) in [4.78, 5) is 16.1. The smallest absolute Gasteiger partial charge is 0.306 e. The number of aromatic nitrogens is 5. The molecule has 3 heterocycles. The average Bonchev–Trinajstić information content (AvgIpc) is 3.25. The van der Waals surface area contributed by atoms with Gasteiger partial charge in [0.25, 0.3) is 0 Å². The molecule has 0 radical (unpaired) electrons. The molecule has 3 aromatic rings. The van der Waals surface area contributed by atoms with E-state index in [1.165, 1.54) is 0 Å². The van der Waals surface area contributed by atoms with Crippen molar-refractivity contribution in [1.29, 1.82) is 0 Å². The SMILES string of the molecule is Cn1cc(-c2cn3nccc3c(C3CCC(C(=O)O)C3)n2)cn1. The lowest BCUT2D eigenvalue weighted by Gasteiger charge is -2.12. The molecule has 1 fully saturated rings. The Hall–Kier alpha value is -2.70. The van der Waals surface area contributed by atoms with Gasteiger partial charge in [0, 0.05) is 24.7 Å². The number of carbonyl (C=O) groups is 1. The third-order valence-corrected chi connectivity index (χ3v) is 4.59. The predicted octanol–water partition coefficient (Wildman–Crippen LogP) is 2.10. The van der Waals surface area contributed by atoms with E-state index in [0.29, 0.717) is 12.8 Å². The molecule has 0 aliphatic heterocycles. The van der Waals surface area contributed by atoms with E-state index < -0.39 is 5.97 Å². The maximum Gasteiger partial charge on any atom is 0.306 e. The third kappa shape index (κ3) is 2.38. The number of carboxylic acid groups (broad SMARTS) is 1. The van der Waals surface area contributed by atoms with Crippen LogP contribution >= 0.6 is 0 Å². The minimum absolute atomic E-state index is 0.159. The molecule has 0 bridgehead atoms. The lowest BCUT2D eigenvalue weighted by Crippen LogP contribution is -2.10. The average molecular weight is 311 g/mol. The van der Waals surface area contributed by atoms with Crippen molar-refractivity contribution in [3.63, 3.8) is 0 Å². The van der Waals surface area contributed by atoms with Gasteiger partial charge in [-0.3, -0.25) is 9.48 Å². The van der Waals surface area contributed by atoms with Crippen molar-refractivity contribution in [3.8, 4) is 11.3 Å². The molecule has 1 aliphatic carbocycles. The van der Waals surface area contributed by atoms with Crippen molar-refractivity contribution in [1.82, 2.24) is 24.4 Å². The van der Waals surface area contributed by atoms with Crippen molar-refractivity contribution in [3.05, 3.63) is 36.5 Å². The zero-order valence-corrected chi connectivity index (χ0v) is 12.8. The van der Waals surface area contributed by atoms with E-state index in [1.54, 1.807) is 17.1 Å². The minimum Gasteiger partial charge on any atom is -0.481 e. The van der Waals surface area contributed by atoms with Crippen molar-refractivity contribution >= 4 is 11.5 Å². The quantitative estimate of drug-likeness (QED) is 0.800. The highest BCUT2D eigenvalue weighted by molar-refractivity contribution is 5.71. The standard InChI is InChI=1S/C16H17N5O2/c1-20-8-12(7-18-20)13-9-21-14(4-5-17-21)15(19-13)10-2-3-11(6-10)16(22)23/h4-5,7-11H,2-3,6H2,1H3,(H,22,23). The summed E-state index contributed by atoms with van der Waals surface area (Å²) in [5.41, 5.74) is 3.63. The summed E-state index contributed by atoms with van der Waals surface area (Å²) in [5.74, 6) is -0.820. The zero-order valence-electron chi connectivity index (χ0n) is 12.8. The van der Waals surface area contributed by atoms with Gasteiger partial charge in [-0.15, -0.1) is 0 Å². The van der Waals surface area contributed by atoms with Gasteiger partial charge in [0.15, 0.2) is 0 Å². The van der Waals surface area contributed by atoms with Crippen LogP contribution in [0.3, 0.4) is 0 Å². The Bertz CT molecular complexity index is 882. The fourth-order valence-electron chi connectivity index (χ4n) is 3.40. The van der Waals surface area contributed by atoms with Crippen LogP contribution < -0.4 is 0 Å². The Morgan fingerprint density at radius 3 is 2.87 bits per heavy atom. The second-order valence-electron chi connectivity index (χ2n) is 6.12. The summed E-state index contributed by atoms with van der Waals surface area (Å²) in [5, 5.41) is 17.8. The van der Waals surface area contributed by atoms with Crippen LogP contribution in [0.1, 0.15) is 30.9 Å². The highest BCUT2D eigenvalue weighted by Gasteiger charge is 2.32. The first kappa shape index (κ1) is 13.9. The lowest BCUT2D eigenvalue weighted by molar-refractivity contribution is -0.141. The van der Waals surface area contributed by atoms with Crippen LogP contribution in [-0.4, -0.2) is 35.5 Å². The van der Waals surface area contributed by atoms with Crippen LogP contribution in [0, 0.1) is 5.92 Å². The van der Waals surface area contributed by atoms with Crippen LogP contribution in [0.2, 0.25) is 0 Å². The van der Waals surface area contributed by atoms with Gasteiger partial charge in [-0.2, -0.15) is 10.2 Å². The lowest BCUT2D eigenvalue weighted by atomic mass is 10.00. The molecule has 3 aromatic heterocycles. The highest BCUT2D eigenvalue weighted by atomic mass is 16.4. The molecule has 23 heavy (non-hydrogen) atoms. The summed E-state index contributed by atoms with van der Waals surface area (Å²) >= 11 is 0. The summed E-state index contributed by atoms with van der Waals surface area (Å²) in [6, 6.07) is 1.93. The molecule has 0 amide bonds. The van der Waals surface area contributed by atoms with Crippen LogP contribution in [-0.2, 0) is 11.8 Å². The van der Waals surface area contributed by atoms with Gasteiger partial charge in [-0.1, -0.05) is 0 Å². The fraction of sp³-hybridized carbons (Fsp3) is 0.375. The number of fused-ring (bicyclic) bond motifs is 1. The summed E-state index contributed by atoms with van der Waals surface area (Å²) in [6.07, 6.45) is 9.52. The molecule has 2 unspecified atom stereocenters. The first-order valence-corrected chi connectivity index (χ1v) is 7.68. The second kappa shape index (κ2) is 5.19. The Kier molecular flexibility index (Phi) is 3.14. The molecular weight excluding hydrogens is 294 g/mol. The summed E-state index contributed by atoms with van der Waals surface area (Å²) in [6.45, 7) is 0. The first-order valence-electron chi connectivity index (χ1n) is 7.68. The normalized spacial score (nSPS) is 21.1. The Labute approximate surface area is 132 Å². The van der Waals surface area contributed by atoms with E-state index in [1.807, 2.05) is 30.0 Å². The molecule has 1 saturated carbocycles. The molecule has 1 aliphatic rings. The first-order chi connectivity index (χ1) is 11.1. The highest BCUT2D eigenvalue weighted by Crippen LogP contribution is 2.39. The van der Waals surface area contributed by atoms with Gasteiger partial charge in [0.2, 0.25) is 0 Å². The van der Waals surface area contributed by atoms with E-state index in [-0.39, 0.29) is 11.8 Å². The summed E-state index contributed by atoms with van der Waals surface area (Å²) in [7, 11) is 1.87. The van der Waals surface area contributed by atoms with Crippen molar-refractivity contribution < 1.29 is 9.90 Å². The van der Waals surface area contributed by atoms with Crippen LogP contribution in [0.4, 0.5) is 0 Å². The maximum atomic E-state index is 11.2. The van der Waals surface area contributed by atoms with Gasteiger partial charge in [-0.25, -0.2) is 9.50 Å². The van der Waals surface area contributed by atoms with Crippen LogP contribution in [0.5, 0.6) is 0 Å². The fourth-order valence-corrected chi connectivity index (χ4v) is 3.40. The molecule has 118 valence electrons. The predicted molar refractivity (Wildman–Crippen MR) is 82.9 cm³/mol. The van der Waals surface area contributed by atoms with E-state index in [2.05, 4.69) is 10.2 Å². The number of aliphatic carboxylic acids is 1. The molecule has 7 nitrogen and oxygen atoms in total. The zero-order chi connectivity index (χ0) is 16.0.